The van der Waals surface area contributed by atoms with Crippen LogP contribution in [0.2, 0.25) is 5.02 Å². The van der Waals surface area contributed by atoms with Crippen LogP contribution < -0.4 is 5.32 Å². The van der Waals surface area contributed by atoms with Crippen LogP contribution in [-0.2, 0) is 6.42 Å². The molecule has 0 radical (unpaired) electrons. The number of likely N-dealkylation sites (N-methyl/N-ethyl adjacent to an activating group) is 1. The highest BCUT2D eigenvalue weighted by molar-refractivity contribution is 9.10. The second kappa shape index (κ2) is 6.37. The SMILES string of the molecule is CCNC(Cc1ccc(Br)cc1Cl)C1CC2CCC1C2. The molecule has 0 heterocycles. The molecule has 0 aromatic heterocycles. The summed E-state index contributed by atoms with van der Waals surface area (Å²) in [5.74, 6) is 2.82. The van der Waals surface area contributed by atoms with E-state index in [0.29, 0.717) is 6.04 Å². The lowest BCUT2D eigenvalue weighted by Gasteiger charge is -2.31. The topological polar surface area (TPSA) is 12.0 Å². The van der Waals surface area contributed by atoms with Crippen molar-refractivity contribution in [1.29, 1.82) is 0 Å². The van der Waals surface area contributed by atoms with E-state index in [1.54, 1.807) is 0 Å². The van der Waals surface area contributed by atoms with Crippen LogP contribution in [0.4, 0.5) is 0 Å². The number of rotatable bonds is 5. The lowest BCUT2D eigenvalue weighted by Crippen LogP contribution is -2.40. The zero-order chi connectivity index (χ0) is 14.1. The summed E-state index contributed by atoms with van der Waals surface area (Å²) in [6.07, 6.45) is 6.88. The van der Waals surface area contributed by atoms with Gasteiger partial charge in [-0.25, -0.2) is 0 Å². The quantitative estimate of drug-likeness (QED) is 0.777. The highest BCUT2D eigenvalue weighted by Crippen LogP contribution is 2.50. The van der Waals surface area contributed by atoms with Gasteiger partial charge in [-0.2, -0.15) is 0 Å². The van der Waals surface area contributed by atoms with Crippen LogP contribution in [0.15, 0.2) is 22.7 Å². The smallest absolute Gasteiger partial charge is 0.0449 e. The van der Waals surface area contributed by atoms with Crippen molar-refractivity contribution in [3.8, 4) is 0 Å². The molecule has 2 aliphatic carbocycles. The molecule has 4 atom stereocenters. The predicted molar refractivity (Wildman–Crippen MR) is 89.3 cm³/mol. The number of halogens is 2. The van der Waals surface area contributed by atoms with Crippen LogP contribution >= 0.6 is 27.5 Å². The lowest BCUT2D eigenvalue weighted by molar-refractivity contribution is 0.249. The van der Waals surface area contributed by atoms with Gasteiger partial charge < -0.3 is 5.32 Å². The number of hydrogen-bond donors (Lipinski definition) is 1. The number of hydrogen-bond acceptors (Lipinski definition) is 1. The fourth-order valence-corrected chi connectivity index (χ4v) is 5.10. The molecule has 3 rings (SSSR count). The van der Waals surface area contributed by atoms with Crippen molar-refractivity contribution in [3.63, 3.8) is 0 Å². The summed E-state index contributed by atoms with van der Waals surface area (Å²) >= 11 is 9.89. The van der Waals surface area contributed by atoms with E-state index in [0.717, 1.165) is 40.2 Å². The summed E-state index contributed by atoms with van der Waals surface area (Å²) in [6.45, 7) is 3.26. The van der Waals surface area contributed by atoms with E-state index in [-0.39, 0.29) is 0 Å². The molecule has 2 fully saturated rings. The molecule has 0 spiro atoms. The van der Waals surface area contributed by atoms with Crippen LogP contribution in [0.1, 0.15) is 38.2 Å². The minimum atomic E-state index is 0.592. The van der Waals surface area contributed by atoms with Crippen LogP contribution in [0.3, 0.4) is 0 Å². The summed E-state index contributed by atoms with van der Waals surface area (Å²) in [6, 6.07) is 6.88. The average molecular weight is 357 g/mol. The van der Waals surface area contributed by atoms with Crippen molar-refractivity contribution >= 4 is 27.5 Å². The Hall–Kier alpha value is -0.0500. The first-order chi connectivity index (χ1) is 9.67. The van der Waals surface area contributed by atoms with Gasteiger partial charge in [0.15, 0.2) is 0 Å². The van der Waals surface area contributed by atoms with E-state index in [1.807, 2.05) is 6.07 Å². The molecule has 3 heteroatoms. The van der Waals surface area contributed by atoms with Crippen LogP contribution in [-0.4, -0.2) is 12.6 Å². The van der Waals surface area contributed by atoms with Gasteiger partial charge in [-0.1, -0.05) is 46.9 Å². The van der Waals surface area contributed by atoms with Crippen LogP contribution in [0.25, 0.3) is 0 Å². The number of nitrogens with one attached hydrogen (secondary N) is 1. The molecule has 1 nitrogen and oxygen atoms in total. The highest BCUT2D eigenvalue weighted by atomic mass is 79.9. The monoisotopic (exact) mass is 355 g/mol. The highest BCUT2D eigenvalue weighted by Gasteiger charge is 2.42. The fraction of sp³-hybridized carbons (Fsp3) is 0.647. The van der Waals surface area contributed by atoms with Gasteiger partial charge in [-0.15, -0.1) is 0 Å². The van der Waals surface area contributed by atoms with Crippen LogP contribution in [0, 0.1) is 17.8 Å². The summed E-state index contributed by atoms with van der Waals surface area (Å²) in [5, 5.41) is 4.62. The average Bonchev–Trinajstić information content (AvgIpc) is 3.03. The third-order valence-corrected chi connectivity index (χ3v) is 6.08. The summed E-state index contributed by atoms with van der Waals surface area (Å²) in [7, 11) is 0. The van der Waals surface area contributed by atoms with Crippen molar-refractivity contribution in [2.24, 2.45) is 17.8 Å². The van der Waals surface area contributed by atoms with Crippen molar-refractivity contribution in [2.45, 2.75) is 45.1 Å². The fourth-order valence-electron chi connectivity index (χ4n) is 4.35. The Morgan fingerprint density at radius 2 is 2.20 bits per heavy atom. The van der Waals surface area contributed by atoms with E-state index >= 15 is 0 Å². The standard InChI is InChI=1S/C17H23BrClN/c1-2-20-17(15-8-11-3-4-12(15)7-11)9-13-5-6-14(18)10-16(13)19/h5-6,10-12,15,17,20H,2-4,7-9H2,1H3. The van der Waals surface area contributed by atoms with E-state index in [9.17, 15) is 0 Å². The van der Waals surface area contributed by atoms with Gasteiger partial charge in [0.1, 0.15) is 0 Å². The second-order valence-electron chi connectivity index (χ2n) is 6.44. The molecule has 110 valence electrons. The van der Waals surface area contributed by atoms with Crippen molar-refractivity contribution in [1.82, 2.24) is 5.32 Å². The Labute approximate surface area is 135 Å². The summed E-state index contributed by atoms with van der Waals surface area (Å²) in [5.41, 5.74) is 1.28. The Morgan fingerprint density at radius 3 is 2.80 bits per heavy atom. The molecule has 1 aromatic carbocycles. The van der Waals surface area contributed by atoms with E-state index in [2.05, 4.69) is 40.3 Å². The molecule has 1 N–H and O–H groups in total. The predicted octanol–water partition coefficient (Wildman–Crippen LogP) is 5.06. The van der Waals surface area contributed by atoms with Crippen LogP contribution in [0.5, 0.6) is 0 Å². The third-order valence-electron chi connectivity index (χ3n) is 5.23. The second-order valence-corrected chi connectivity index (χ2v) is 7.77. The molecule has 2 bridgehead atoms. The van der Waals surface area contributed by atoms with Gasteiger partial charge in [-0.3, -0.25) is 0 Å². The molecule has 2 aliphatic rings. The van der Waals surface area contributed by atoms with Crippen molar-refractivity contribution < 1.29 is 0 Å². The van der Waals surface area contributed by atoms with Gasteiger partial charge >= 0.3 is 0 Å². The maximum absolute atomic E-state index is 6.40. The normalized spacial score (nSPS) is 29.9. The summed E-state index contributed by atoms with van der Waals surface area (Å²) < 4.78 is 1.06. The van der Waals surface area contributed by atoms with E-state index in [1.165, 1.54) is 31.2 Å². The molecule has 0 amide bonds. The molecule has 2 saturated carbocycles. The minimum Gasteiger partial charge on any atom is -0.314 e. The lowest BCUT2D eigenvalue weighted by atomic mass is 9.81. The zero-order valence-corrected chi connectivity index (χ0v) is 14.4. The molecular formula is C17H23BrClN. The first kappa shape index (κ1) is 14.9. The Kier molecular flexibility index (Phi) is 4.74. The third kappa shape index (κ3) is 3.08. The molecule has 0 saturated heterocycles. The first-order valence-corrected chi connectivity index (χ1v) is 9.01. The molecule has 20 heavy (non-hydrogen) atoms. The Bertz CT molecular complexity index is 476. The minimum absolute atomic E-state index is 0.592. The molecular weight excluding hydrogens is 334 g/mol. The van der Waals surface area contributed by atoms with Gasteiger partial charge in [0.25, 0.3) is 0 Å². The zero-order valence-electron chi connectivity index (χ0n) is 12.0. The van der Waals surface area contributed by atoms with Gasteiger partial charge in [0, 0.05) is 15.5 Å². The van der Waals surface area contributed by atoms with E-state index in [4.69, 9.17) is 11.6 Å². The van der Waals surface area contributed by atoms with Gasteiger partial charge in [0.2, 0.25) is 0 Å². The first-order valence-electron chi connectivity index (χ1n) is 7.84. The molecule has 1 aromatic rings. The maximum Gasteiger partial charge on any atom is 0.0449 e. The summed E-state index contributed by atoms with van der Waals surface area (Å²) in [4.78, 5) is 0. The molecule has 0 aliphatic heterocycles. The number of benzene rings is 1. The van der Waals surface area contributed by atoms with Crippen molar-refractivity contribution in [2.75, 3.05) is 6.54 Å². The largest absolute Gasteiger partial charge is 0.314 e. The molecule has 4 unspecified atom stereocenters. The Balaban J connectivity index is 1.74. The Morgan fingerprint density at radius 1 is 1.35 bits per heavy atom. The van der Waals surface area contributed by atoms with Gasteiger partial charge in [-0.05, 0) is 67.7 Å². The maximum atomic E-state index is 6.40. The number of fused-ring (bicyclic) bond motifs is 2. The van der Waals surface area contributed by atoms with E-state index < -0.39 is 0 Å². The van der Waals surface area contributed by atoms with Gasteiger partial charge in [0.05, 0.1) is 0 Å². The van der Waals surface area contributed by atoms with Crippen molar-refractivity contribution in [3.05, 3.63) is 33.3 Å².